The first kappa shape index (κ1) is 42.3. The summed E-state index contributed by atoms with van der Waals surface area (Å²) >= 11 is 3.62. The quantitative estimate of drug-likeness (QED) is 0.0955. The highest BCUT2D eigenvalue weighted by molar-refractivity contribution is 9.08. The number of hydrogen-bond acceptors (Lipinski definition) is 8. The molecule has 0 atom stereocenters. The van der Waals surface area contributed by atoms with Gasteiger partial charge in [0.25, 0.3) is 5.91 Å². The third-order valence-corrected chi connectivity index (χ3v) is 13.5. The van der Waals surface area contributed by atoms with E-state index in [0.29, 0.717) is 22.6 Å². The van der Waals surface area contributed by atoms with Gasteiger partial charge in [-0.15, -0.1) is 0 Å². The minimum Gasteiger partial charge on any atom is -0.505 e. The molecule has 8 aromatic rings. The second-order valence-electron chi connectivity index (χ2n) is 17.4. The van der Waals surface area contributed by atoms with Gasteiger partial charge in [0.1, 0.15) is 17.1 Å². The molecule has 1 amide bonds. The summed E-state index contributed by atoms with van der Waals surface area (Å²) < 4.78 is 7.06. The van der Waals surface area contributed by atoms with Gasteiger partial charge in [-0.25, -0.2) is 19.9 Å². The first-order valence-electron chi connectivity index (χ1n) is 22.1. The summed E-state index contributed by atoms with van der Waals surface area (Å²) in [4.78, 5) is 35.4. The van der Waals surface area contributed by atoms with Crippen LogP contribution in [-0.2, 0) is 11.9 Å². The number of benzene rings is 4. The third-order valence-electron chi connectivity index (χ3n) is 12.9. The van der Waals surface area contributed by atoms with E-state index in [2.05, 4.69) is 110 Å². The summed E-state index contributed by atoms with van der Waals surface area (Å²) in [5.41, 5.74) is 8.56. The number of amides is 1. The topological polar surface area (TPSA) is 105 Å². The second kappa shape index (κ2) is 18.8. The largest absolute Gasteiger partial charge is 0.505 e. The number of alkyl halides is 1. The zero-order valence-corrected chi connectivity index (χ0v) is 37.8. The molecular weight excluding hydrogens is 849 g/mol. The Bertz CT molecular complexity index is 2860. The number of phenolic OH excluding ortho intramolecular Hbond substituents is 1. The smallest absolute Gasteiger partial charge is 0.257 e. The zero-order chi connectivity index (χ0) is 43.5. The van der Waals surface area contributed by atoms with Crippen molar-refractivity contribution in [2.24, 2.45) is 11.8 Å². The molecule has 10 rings (SSSR count). The predicted octanol–water partition coefficient (Wildman–Crippen LogP) is 11.7. The summed E-state index contributed by atoms with van der Waals surface area (Å²) in [6.45, 7) is 4.67. The van der Waals surface area contributed by atoms with Crippen molar-refractivity contribution < 1.29 is 14.6 Å². The monoisotopic (exact) mass is 900 g/mol. The van der Waals surface area contributed by atoms with Gasteiger partial charge in [-0.05, 0) is 104 Å². The molecule has 0 unspecified atom stereocenters. The Hall–Kier alpha value is -5.97. The highest BCUT2D eigenvalue weighted by Gasteiger charge is 2.26. The minimum atomic E-state index is -0.252. The number of ether oxygens (including phenoxy) is 1. The fourth-order valence-electron chi connectivity index (χ4n) is 8.85. The number of carbonyl (C=O) groups excluding carboxylic acids is 1. The van der Waals surface area contributed by atoms with Crippen LogP contribution in [0.2, 0.25) is 0 Å². The first-order chi connectivity index (χ1) is 30.7. The van der Waals surface area contributed by atoms with Crippen LogP contribution in [0.25, 0.3) is 43.9 Å². The maximum atomic E-state index is 12.7. The number of pyridine rings is 4. The van der Waals surface area contributed by atoms with Crippen molar-refractivity contribution >= 4 is 65.7 Å². The molecule has 1 N–H and O–H groups in total. The van der Waals surface area contributed by atoms with Crippen molar-refractivity contribution in [3.63, 3.8) is 0 Å². The lowest BCUT2D eigenvalue weighted by atomic mass is 9.85. The van der Waals surface area contributed by atoms with E-state index in [9.17, 15) is 9.90 Å². The number of carbonyl (C=O) groups is 1. The average molecular weight is 902 g/mol. The lowest BCUT2D eigenvalue weighted by Crippen LogP contribution is -2.34. The summed E-state index contributed by atoms with van der Waals surface area (Å²) in [6.07, 6.45) is 10.9. The maximum absolute atomic E-state index is 12.7. The fraction of sp³-hybridized carbons (Fsp3) is 0.302. The molecule has 0 aliphatic heterocycles. The van der Waals surface area contributed by atoms with Gasteiger partial charge in [0.15, 0.2) is 22.8 Å². The van der Waals surface area contributed by atoms with Gasteiger partial charge < -0.3 is 19.6 Å². The highest BCUT2D eigenvalue weighted by atomic mass is 79.9. The second-order valence-corrected chi connectivity index (χ2v) is 18.0. The van der Waals surface area contributed by atoms with Gasteiger partial charge in [-0.3, -0.25) is 4.79 Å². The third kappa shape index (κ3) is 9.11. The number of aromatic nitrogens is 4. The number of hydrogen-bond donors (Lipinski definition) is 1. The van der Waals surface area contributed by atoms with Gasteiger partial charge in [0, 0.05) is 71.5 Å². The van der Waals surface area contributed by atoms with Gasteiger partial charge in [0.2, 0.25) is 0 Å². The van der Waals surface area contributed by atoms with E-state index in [1.54, 1.807) is 24.2 Å². The minimum absolute atomic E-state index is 0.0619. The van der Waals surface area contributed by atoms with Crippen molar-refractivity contribution in [2.45, 2.75) is 63.4 Å². The number of phenols is 1. The van der Waals surface area contributed by atoms with Gasteiger partial charge in [-0.2, -0.15) is 0 Å². The molecule has 63 heavy (non-hydrogen) atoms. The highest BCUT2D eigenvalue weighted by Crippen LogP contribution is 2.38. The van der Waals surface area contributed by atoms with Crippen molar-refractivity contribution in [3.8, 4) is 11.5 Å². The normalized spacial score (nSPS) is 14.2. The molecule has 0 spiro atoms. The van der Waals surface area contributed by atoms with E-state index in [4.69, 9.17) is 9.72 Å². The van der Waals surface area contributed by atoms with Crippen LogP contribution in [0.1, 0.15) is 82.8 Å². The Kier molecular flexibility index (Phi) is 12.6. The number of rotatable bonds is 12. The standard InChI is InChI=1S/C33H32BrN3O.C20H21N3O2/c1-37(21-23-9-8-10-23)22-28-16-15-26-19-29-27(20-34)17-18-35-33(29)36-30(26)32(28)38-31(24-11-4-2-5-12-24)25-13-6-3-7-14-25;1-12-8-9-21-19-16(12)10-14-6-7-15(18(24)17(14)22-19)20(25)23(2)11-13-4-3-5-13/h2-7,11-19,23,31H,8-10,20-22H2,1H3;6-10,13,24H,3-5,11H2,1-2H3. The van der Waals surface area contributed by atoms with Crippen LogP contribution >= 0.6 is 15.9 Å². The molecule has 2 aliphatic rings. The van der Waals surface area contributed by atoms with Gasteiger partial charge in [-0.1, -0.05) is 108 Å². The van der Waals surface area contributed by atoms with E-state index >= 15 is 0 Å². The summed E-state index contributed by atoms with van der Waals surface area (Å²) in [7, 11) is 4.01. The van der Waals surface area contributed by atoms with Crippen molar-refractivity contribution in [1.29, 1.82) is 0 Å². The lowest BCUT2D eigenvalue weighted by Gasteiger charge is -2.31. The predicted molar refractivity (Wildman–Crippen MR) is 256 cm³/mol. The van der Waals surface area contributed by atoms with Crippen LogP contribution in [0.15, 0.2) is 122 Å². The van der Waals surface area contributed by atoms with Crippen LogP contribution in [0.5, 0.6) is 11.5 Å². The molecule has 2 saturated carbocycles. The molecule has 10 heteroatoms. The van der Waals surface area contributed by atoms with E-state index in [1.807, 2.05) is 49.5 Å². The summed E-state index contributed by atoms with van der Waals surface area (Å²) in [6, 6.07) is 37.0. The Morgan fingerprint density at radius 1 is 0.730 bits per heavy atom. The van der Waals surface area contributed by atoms with Gasteiger partial charge >= 0.3 is 0 Å². The molecule has 320 valence electrons. The molecule has 0 radical (unpaired) electrons. The molecular formula is C53H53BrN6O3. The SMILES string of the molecule is CN(Cc1ccc2cc3c(CBr)ccnc3nc2c1OC(c1ccccc1)c1ccccc1)CC1CCC1.Cc1ccnc2nc3c(O)c(C(=O)N(C)CC4CCC4)ccc3cc12. The van der Waals surface area contributed by atoms with Crippen LogP contribution in [0.3, 0.4) is 0 Å². The molecule has 0 bridgehead atoms. The molecule has 9 nitrogen and oxygen atoms in total. The van der Waals surface area contributed by atoms with E-state index in [-0.39, 0.29) is 17.8 Å². The van der Waals surface area contributed by atoms with E-state index in [0.717, 1.165) is 91.6 Å². The van der Waals surface area contributed by atoms with Crippen LogP contribution in [0.4, 0.5) is 0 Å². The average Bonchev–Trinajstić information content (AvgIpc) is 3.28. The van der Waals surface area contributed by atoms with E-state index < -0.39 is 0 Å². The van der Waals surface area contributed by atoms with Crippen molar-refractivity contribution in [2.75, 3.05) is 27.2 Å². The van der Waals surface area contributed by atoms with E-state index in [1.165, 1.54) is 44.1 Å². The number of halogens is 1. The Morgan fingerprint density at radius 3 is 1.97 bits per heavy atom. The number of fused-ring (bicyclic) bond motifs is 4. The van der Waals surface area contributed by atoms with Crippen LogP contribution < -0.4 is 4.74 Å². The maximum Gasteiger partial charge on any atom is 0.257 e. The zero-order valence-electron chi connectivity index (χ0n) is 36.2. The van der Waals surface area contributed by atoms with Crippen LogP contribution in [0, 0.1) is 18.8 Å². The summed E-state index contributed by atoms with van der Waals surface area (Å²) in [5.74, 6) is 2.01. The van der Waals surface area contributed by atoms with Crippen molar-refractivity contribution in [3.05, 3.63) is 155 Å². The van der Waals surface area contributed by atoms with Crippen LogP contribution in [-0.4, -0.2) is 67.9 Å². The van der Waals surface area contributed by atoms with Gasteiger partial charge in [0.05, 0.1) is 5.56 Å². The molecule has 0 saturated heterocycles. The molecule has 4 aromatic heterocycles. The molecule has 2 aliphatic carbocycles. The lowest BCUT2D eigenvalue weighted by molar-refractivity contribution is 0.0742. The Morgan fingerprint density at radius 2 is 1.32 bits per heavy atom. The number of nitrogens with zero attached hydrogens (tertiary/aromatic N) is 6. The molecule has 2 fully saturated rings. The Labute approximate surface area is 377 Å². The first-order valence-corrected chi connectivity index (χ1v) is 23.2. The molecule has 4 heterocycles. The van der Waals surface area contributed by atoms with Crippen molar-refractivity contribution in [1.82, 2.24) is 29.7 Å². The fourth-order valence-corrected chi connectivity index (χ4v) is 9.34. The number of aryl methyl sites for hydroxylation is 1. The number of aromatic hydroxyl groups is 1. The molecule has 4 aromatic carbocycles. The Balaban J connectivity index is 0.000000174. The summed E-state index contributed by atoms with van der Waals surface area (Å²) in [5, 5.41) is 15.3.